The normalized spacial score (nSPS) is 10.3. The summed E-state index contributed by atoms with van der Waals surface area (Å²) in [4.78, 5) is 27.7. The van der Waals surface area contributed by atoms with Crippen molar-refractivity contribution in [1.29, 1.82) is 0 Å². The van der Waals surface area contributed by atoms with E-state index in [-0.39, 0.29) is 17.5 Å². The van der Waals surface area contributed by atoms with Crippen LogP contribution in [0.3, 0.4) is 0 Å². The molecule has 3 rings (SSSR count). The standard InChI is InChI=1S/C15H10BrN3O4/c16-9-3-5-10(6-4-9)17-13(20)11-8-23-15(18-11)19-14(21)12-2-1-7-22-12/h1-8H,(H,17,20)(H,18,19,21). The molecule has 0 saturated carbocycles. The molecular weight excluding hydrogens is 366 g/mol. The van der Waals surface area contributed by atoms with Crippen LogP contribution in [0.15, 0.2) is 62.2 Å². The lowest BCUT2D eigenvalue weighted by molar-refractivity contribution is 0.0990. The predicted octanol–water partition coefficient (Wildman–Crippen LogP) is 3.53. The first-order valence-electron chi connectivity index (χ1n) is 6.49. The van der Waals surface area contributed by atoms with Gasteiger partial charge >= 0.3 is 6.01 Å². The number of aromatic nitrogens is 1. The Morgan fingerprint density at radius 2 is 1.78 bits per heavy atom. The minimum atomic E-state index is -0.517. The van der Waals surface area contributed by atoms with E-state index in [0.29, 0.717) is 5.69 Å². The van der Waals surface area contributed by atoms with Crippen LogP contribution < -0.4 is 10.6 Å². The Kier molecular flexibility index (Phi) is 4.24. The van der Waals surface area contributed by atoms with Gasteiger partial charge in [-0.15, -0.1) is 0 Å². The van der Waals surface area contributed by atoms with Crippen LogP contribution in [0, 0.1) is 0 Å². The van der Waals surface area contributed by atoms with Crippen molar-refractivity contribution in [3.63, 3.8) is 0 Å². The molecule has 0 aliphatic rings. The number of nitrogens with zero attached hydrogens (tertiary/aromatic N) is 1. The summed E-state index contributed by atoms with van der Waals surface area (Å²) in [6.07, 6.45) is 2.54. The van der Waals surface area contributed by atoms with Crippen molar-refractivity contribution in [2.75, 3.05) is 10.6 Å². The number of anilines is 2. The number of carbonyl (C=O) groups is 2. The van der Waals surface area contributed by atoms with Gasteiger partial charge in [-0.05, 0) is 36.4 Å². The van der Waals surface area contributed by atoms with E-state index in [1.807, 2.05) is 0 Å². The number of furan rings is 1. The molecule has 2 heterocycles. The van der Waals surface area contributed by atoms with Gasteiger partial charge in [-0.3, -0.25) is 14.9 Å². The molecule has 0 unspecified atom stereocenters. The largest absolute Gasteiger partial charge is 0.459 e. The molecule has 3 aromatic rings. The lowest BCUT2D eigenvalue weighted by Gasteiger charge is -2.02. The van der Waals surface area contributed by atoms with E-state index in [0.717, 1.165) is 10.7 Å². The van der Waals surface area contributed by atoms with E-state index in [2.05, 4.69) is 31.5 Å². The Hall–Kier alpha value is -2.87. The molecule has 0 fully saturated rings. The number of nitrogens with one attached hydrogen (secondary N) is 2. The van der Waals surface area contributed by atoms with Crippen molar-refractivity contribution in [2.24, 2.45) is 0 Å². The molecule has 0 atom stereocenters. The van der Waals surface area contributed by atoms with Gasteiger partial charge in [0.1, 0.15) is 6.26 Å². The smallest absolute Gasteiger partial charge is 0.302 e. The van der Waals surface area contributed by atoms with E-state index in [4.69, 9.17) is 8.83 Å². The topological polar surface area (TPSA) is 97.4 Å². The Labute approximate surface area is 138 Å². The number of rotatable bonds is 4. The van der Waals surface area contributed by atoms with Gasteiger partial charge in [-0.1, -0.05) is 15.9 Å². The van der Waals surface area contributed by atoms with Gasteiger partial charge in [0, 0.05) is 10.2 Å². The predicted molar refractivity (Wildman–Crippen MR) is 85.3 cm³/mol. The van der Waals surface area contributed by atoms with E-state index in [1.165, 1.54) is 12.3 Å². The van der Waals surface area contributed by atoms with Crippen LogP contribution in [-0.2, 0) is 0 Å². The second kappa shape index (κ2) is 6.49. The molecule has 23 heavy (non-hydrogen) atoms. The number of benzene rings is 1. The second-order valence-corrected chi connectivity index (χ2v) is 5.35. The van der Waals surface area contributed by atoms with Crippen molar-refractivity contribution >= 4 is 39.4 Å². The van der Waals surface area contributed by atoms with E-state index in [1.54, 1.807) is 30.3 Å². The summed E-state index contributed by atoms with van der Waals surface area (Å²) in [6.45, 7) is 0. The monoisotopic (exact) mass is 375 g/mol. The number of halogens is 1. The van der Waals surface area contributed by atoms with E-state index >= 15 is 0 Å². The zero-order chi connectivity index (χ0) is 16.2. The Bertz CT molecular complexity index is 825. The highest BCUT2D eigenvalue weighted by Gasteiger charge is 2.16. The molecule has 0 saturated heterocycles. The zero-order valence-corrected chi connectivity index (χ0v) is 13.2. The van der Waals surface area contributed by atoms with Gasteiger partial charge in [0.15, 0.2) is 11.5 Å². The van der Waals surface area contributed by atoms with Gasteiger partial charge in [-0.2, -0.15) is 4.98 Å². The van der Waals surface area contributed by atoms with Gasteiger partial charge < -0.3 is 14.2 Å². The SMILES string of the molecule is O=C(Nc1ccc(Br)cc1)c1coc(NC(=O)c2ccco2)n1. The first-order chi connectivity index (χ1) is 11.1. The Morgan fingerprint density at radius 3 is 2.48 bits per heavy atom. The molecule has 0 aliphatic heterocycles. The summed E-state index contributed by atoms with van der Waals surface area (Å²) in [6, 6.07) is 10.1. The van der Waals surface area contributed by atoms with Gasteiger partial charge in [0.2, 0.25) is 0 Å². The number of carbonyl (C=O) groups excluding carboxylic acids is 2. The summed E-state index contributed by atoms with van der Waals surface area (Å²) >= 11 is 3.31. The van der Waals surface area contributed by atoms with Crippen LogP contribution in [0.1, 0.15) is 21.0 Å². The first-order valence-corrected chi connectivity index (χ1v) is 7.28. The van der Waals surface area contributed by atoms with Gasteiger partial charge in [0.25, 0.3) is 11.8 Å². The van der Waals surface area contributed by atoms with E-state index in [9.17, 15) is 9.59 Å². The maximum atomic E-state index is 12.1. The molecule has 116 valence electrons. The van der Waals surface area contributed by atoms with Crippen LogP contribution in [0.4, 0.5) is 11.7 Å². The van der Waals surface area contributed by atoms with Crippen LogP contribution in [0.5, 0.6) is 0 Å². The lowest BCUT2D eigenvalue weighted by Crippen LogP contribution is -2.14. The molecule has 0 aliphatic carbocycles. The maximum Gasteiger partial charge on any atom is 0.302 e. The number of amides is 2. The van der Waals surface area contributed by atoms with Crippen LogP contribution >= 0.6 is 15.9 Å². The highest BCUT2D eigenvalue weighted by atomic mass is 79.9. The highest BCUT2D eigenvalue weighted by molar-refractivity contribution is 9.10. The van der Waals surface area contributed by atoms with Gasteiger partial charge in [-0.25, -0.2) is 0 Å². The Balaban J connectivity index is 1.65. The maximum absolute atomic E-state index is 12.1. The summed E-state index contributed by atoms with van der Waals surface area (Å²) in [5, 5.41) is 5.06. The number of hydrogen-bond acceptors (Lipinski definition) is 5. The third kappa shape index (κ3) is 3.67. The molecule has 0 radical (unpaired) electrons. The molecule has 8 heteroatoms. The lowest BCUT2D eigenvalue weighted by atomic mass is 10.3. The molecule has 0 bridgehead atoms. The van der Waals surface area contributed by atoms with Crippen molar-refractivity contribution in [2.45, 2.75) is 0 Å². The average Bonchev–Trinajstić information content (AvgIpc) is 3.20. The fourth-order valence-corrected chi connectivity index (χ4v) is 1.99. The molecular formula is C15H10BrN3O4. The second-order valence-electron chi connectivity index (χ2n) is 4.43. The summed E-state index contributed by atoms with van der Waals surface area (Å²) in [5.41, 5.74) is 0.657. The summed E-state index contributed by atoms with van der Waals surface area (Å²) in [5.74, 6) is -0.852. The highest BCUT2D eigenvalue weighted by Crippen LogP contribution is 2.16. The third-order valence-electron chi connectivity index (χ3n) is 2.80. The number of oxazole rings is 1. The van der Waals surface area contributed by atoms with Crippen LogP contribution in [0.25, 0.3) is 0 Å². The molecule has 1 aromatic carbocycles. The molecule has 7 nitrogen and oxygen atoms in total. The molecule has 0 spiro atoms. The molecule has 2 N–H and O–H groups in total. The summed E-state index contributed by atoms with van der Waals surface area (Å²) < 4.78 is 10.9. The average molecular weight is 376 g/mol. The van der Waals surface area contributed by atoms with E-state index < -0.39 is 11.8 Å². The van der Waals surface area contributed by atoms with Crippen molar-refractivity contribution < 1.29 is 18.4 Å². The molecule has 2 aromatic heterocycles. The van der Waals surface area contributed by atoms with Crippen molar-refractivity contribution in [3.8, 4) is 0 Å². The molecule has 2 amide bonds. The van der Waals surface area contributed by atoms with Gasteiger partial charge in [0.05, 0.1) is 6.26 Å². The minimum absolute atomic E-state index is 0.0441. The van der Waals surface area contributed by atoms with Crippen molar-refractivity contribution in [1.82, 2.24) is 4.98 Å². The quantitative estimate of drug-likeness (QED) is 0.726. The Morgan fingerprint density at radius 1 is 1.00 bits per heavy atom. The zero-order valence-electron chi connectivity index (χ0n) is 11.6. The van der Waals surface area contributed by atoms with Crippen molar-refractivity contribution in [3.05, 3.63) is 64.9 Å². The fraction of sp³-hybridized carbons (Fsp3) is 0. The minimum Gasteiger partial charge on any atom is -0.459 e. The third-order valence-corrected chi connectivity index (χ3v) is 3.33. The van der Waals surface area contributed by atoms with Crippen LogP contribution in [-0.4, -0.2) is 16.8 Å². The van der Waals surface area contributed by atoms with Crippen LogP contribution in [0.2, 0.25) is 0 Å². The summed E-state index contributed by atoms with van der Waals surface area (Å²) in [7, 11) is 0. The first kappa shape index (κ1) is 15.0. The fourth-order valence-electron chi connectivity index (χ4n) is 1.73. The number of hydrogen-bond donors (Lipinski definition) is 2.